The average molecular weight is 566 g/mol. The van der Waals surface area contributed by atoms with Crippen LogP contribution in [-0.4, -0.2) is 64.7 Å². The summed E-state index contributed by atoms with van der Waals surface area (Å²) in [5, 5.41) is 0.707. The van der Waals surface area contributed by atoms with Crippen LogP contribution >= 0.6 is 40.2 Å². The minimum Gasteiger partial charge on any atom is -0.339 e. The van der Waals surface area contributed by atoms with Gasteiger partial charge < -0.3 is 10.6 Å². The minimum atomic E-state index is -0.407. The van der Waals surface area contributed by atoms with E-state index in [-0.39, 0.29) is 11.9 Å². The Hall–Kier alpha value is -1.12. The number of carbonyl (C=O) groups is 1. The number of fused-ring (bicyclic) bond motifs is 2. The molecule has 2 aliphatic rings. The second-order valence-corrected chi connectivity index (χ2v) is 11.2. The normalized spacial score (nSPS) is 21.5. The highest BCUT2D eigenvalue weighted by Crippen LogP contribution is 2.37. The summed E-state index contributed by atoms with van der Waals surface area (Å²) in [5.74, 6) is 0.399. The fraction of sp³-hybridized carbons (Fsp3) is 0.538. The largest absolute Gasteiger partial charge is 0.339 e. The van der Waals surface area contributed by atoms with Crippen LogP contribution in [0.3, 0.4) is 0 Å². The minimum absolute atomic E-state index is 0.0442. The molecule has 1 aliphatic carbocycles. The number of aryl methyl sites for hydroxylation is 2. The molecule has 1 saturated heterocycles. The first kappa shape index (κ1) is 26.0. The summed E-state index contributed by atoms with van der Waals surface area (Å²) >= 11 is 14.3. The summed E-state index contributed by atoms with van der Waals surface area (Å²) in [6.07, 6.45) is 6.84. The Morgan fingerprint density at radius 1 is 1.29 bits per heavy atom. The monoisotopic (exact) mass is 564 g/mol. The van der Waals surface area contributed by atoms with E-state index in [2.05, 4.69) is 51.3 Å². The molecule has 184 valence electrons. The Morgan fingerprint density at radius 3 is 2.85 bits per heavy atom. The van der Waals surface area contributed by atoms with Crippen molar-refractivity contribution in [1.82, 2.24) is 14.8 Å². The van der Waals surface area contributed by atoms with Gasteiger partial charge in [0.15, 0.2) is 0 Å². The van der Waals surface area contributed by atoms with Gasteiger partial charge in [-0.1, -0.05) is 37.4 Å². The molecule has 0 saturated carbocycles. The predicted octanol–water partition coefficient (Wildman–Crippen LogP) is 4.69. The maximum absolute atomic E-state index is 14.2. The summed E-state index contributed by atoms with van der Waals surface area (Å²) in [5.41, 5.74) is 10.4. The van der Waals surface area contributed by atoms with E-state index < -0.39 is 5.92 Å². The summed E-state index contributed by atoms with van der Waals surface area (Å²) in [4.78, 5) is 23.5. The molecule has 2 heterocycles. The molecular formula is C26H34BrClN4OS. The first-order valence-electron chi connectivity index (χ1n) is 12.2. The zero-order chi connectivity index (χ0) is 24.2. The van der Waals surface area contributed by atoms with E-state index in [1.807, 2.05) is 18.2 Å². The number of rotatable bonds is 7. The second-order valence-electron chi connectivity index (χ2n) is 9.49. The molecular weight excluding hydrogens is 532 g/mol. The van der Waals surface area contributed by atoms with Crippen molar-refractivity contribution in [2.75, 3.05) is 31.9 Å². The number of aromatic nitrogens is 1. The van der Waals surface area contributed by atoms with Crippen LogP contribution in [0.1, 0.15) is 54.5 Å². The Bertz CT molecular complexity index is 969. The fourth-order valence-corrected chi connectivity index (χ4v) is 5.97. The van der Waals surface area contributed by atoms with Crippen molar-refractivity contribution in [3.05, 3.63) is 62.3 Å². The summed E-state index contributed by atoms with van der Waals surface area (Å²) in [7, 11) is 0. The van der Waals surface area contributed by atoms with Crippen molar-refractivity contribution in [3.8, 4) is 0 Å². The van der Waals surface area contributed by atoms with Gasteiger partial charge in [0.2, 0.25) is 5.91 Å². The van der Waals surface area contributed by atoms with Crippen LogP contribution in [0.15, 0.2) is 34.9 Å². The Labute approximate surface area is 222 Å². The van der Waals surface area contributed by atoms with Crippen LogP contribution < -0.4 is 5.73 Å². The summed E-state index contributed by atoms with van der Waals surface area (Å²) in [6.45, 7) is 5.30. The lowest BCUT2D eigenvalue weighted by atomic mass is 9.89. The van der Waals surface area contributed by atoms with Gasteiger partial charge in [0.05, 0.1) is 5.69 Å². The number of hydrogen-bond donors (Lipinski definition) is 2. The molecule has 1 amide bonds. The van der Waals surface area contributed by atoms with Gasteiger partial charge in [0, 0.05) is 59.7 Å². The average Bonchev–Trinajstić information content (AvgIpc) is 2.99. The smallest absolute Gasteiger partial charge is 0.236 e. The zero-order valence-electron chi connectivity index (χ0n) is 19.7. The molecule has 2 N–H and O–H groups in total. The first-order chi connectivity index (χ1) is 16.4. The molecule has 1 aromatic carbocycles. The van der Waals surface area contributed by atoms with Crippen molar-refractivity contribution >= 4 is 46.1 Å². The topological polar surface area (TPSA) is 62.5 Å². The molecule has 1 fully saturated rings. The number of benzene rings is 1. The van der Waals surface area contributed by atoms with Gasteiger partial charge in [0.25, 0.3) is 0 Å². The van der Waals surface area contributed by atoms with E-state index >= 15 is 0 Å². The fourth-order valence-electron chi connectivity index (χ4n) is 5.28. The molecule has 0 spiro atoms. The van der Waals surface area contributed by atoms with Crippen molar-refractivity contribution in [2.45, 2.75) is 57.0 Å². The van der Waals surface area contributed by atoms with Crippen LogP contribution in [0, 0.1) is 0 Å². The highest BCUT2D eigenvalue weighted by molar-refractivity contribution is 9.10. The molecule has 4 rings (SSSR count). The number of pyridine rings is 1. The number of nitrogens with two attached hydrogens (primary N) is 1. The lowest BCUT2D eigenvalue weighted by Crippen LogP contribution is -2.58. The number of unbranched alkanes of at least 4 members (excludes halogenated alkanes) is 1. The molecule has 1 aliphatic heterocycles. The molecule has 2 aromatic rings. The van der Waals surface area contributed by atoms with Gasteiger partial charge >= 0.3 is 0 Å². The molecule has 2 unspecified atom stereocenters. The number of thiol groups is 1. The standard InChI is InChI=1S/C26H34BrClN4OS/c1-2-3-4-22-15-32(10-9-31(22)14-21(29)16-34)26(33)24-23-8-7-20(28)12-17(23)5-6-18-11-19(27)13-30-25(18)24/h7-8,11-13,21-22,24,34H,2-6,9-10,14-16,29H2,1H3/t21-,22?,24?/m1/s1. The molecule has 3 atom stereocenters. The zero-order valence-corrected chi connectivity index (χ0v) is 23.0. The van der Waals surface area contributed by atoms with Gasteiger partial charge in [-0.2, -0.15) is 12.6 Å². The molecule has 0 radical (unpaired) electrons. The lowest BCUT2D eigenvalue weighted by Gasteiger charge is -2.43. The van der Waals surface area contributed by atoms with Crippen LogP contribution in [0.2, 0.25) is 5.02 Å². The second kappa shape index (κ2) is 11.7. The Morgan fingerprint density at radius 2 is 2.09 bits per heavy atom. The SMILES string of the molecule is CCCCC1CN(C(=O)C2c3ccc(Cl)cc3CCc3cc(Br)cnc32)CCN1C[C@@H](N)CS. The van der Waals surface area contributed by atoms with E-state index in [9.17, 15) is 4.79 Å². The van der Waals surface area contributed by atoms with Crippen molar-refractivity contribution in [1.29, 1.82) is 0 Å². The first-order valence-corrected chi connectivity index (χ1v) is 14.0. The van der Waals surface area contributed by atoms with Crippen LogP contribution in [-0.2, 0) is 17.6 Å². The van der Waals surface area contributed by atoms with Gasteiger partial charge in [-0.15, -0.1) is 0 Å². The van der Waals surface area contributed by atoms with E-state index in [0.717, 1.165) is 78.6 Å². The van der Waals surface area contributed by atoms with E-state index in [4.69, 9.17) is 22.3 Å². The van der Waals surface area contributed by atoms with Crippen LogP contribution in [0.4, 0.5) is 0 Å². The number of nitrogens with zero attached hydrogens (tertiary/aromatic N) is 3. The van der Waals surface area contributed by atoms with Gasteiger partial charge in [-0.05, 0) is 70.1 Å². The number of amides is 1. The van der Waals surface area contributed by atoms with Gasteiger partial charge in [-0.25, -0.2) is 0 Å². The maximum Gasteiger partial charge on any atom is 0.236 e. The number of carbonyl (C=O) groups excluding carboxylic acids is 1. The molecule has 8 heteroatoms. The van der Waals surface area contributed by atoms with Crippen molar-refractivity contribution in [3.63, 3.8) is 0 Å². The van der Waals surface area contributed by atoms with Gasteiger partial charge in [0.1, 0.15) is 5.92 Å². The third-order valence-corrected chi connectivity index (χ3v) is 8.22. The van der Waals surface area contributed by atoms with Crippen molar-refractivity contribution in [2.24, 2.45) is 5.73 Å². The molecule has 0 bridgehead atoms. The highest BCUT2D eigenvalue weighted by Gasteiger charge is 2.37. The quantitative estimate of drug-likeness (QED) is 0.478. The van der Waals surface area contributed by atoms with Crippen molar-refractivity contribution < 1.29 is 4.79 Å². The number of halogens is 2. The Balaban J connectivity index is 1.65. The number of hydrogen-bond acceptors (Lipinski definition) is 5. The van der Waals surface area contributed by atoms with Crippen LogP contribution in [0.25, 0.3) is 0 Å². The van der Waals surface area contributed by atoms with Gasteiger partial charge in [-0.3, -0.25) is 14.7 Å². The predicted molar refractivity (Wildman–Crippen MR) is 146 cm³/mol. The Kier molecular flexibility index (Phi) is 8.97. The molecule has 34 heavy (non-hydrogen) atoms. The van der Waals surface area contributed by atoms with E-state index in [1.54, 1.807) is 6.20 Å². The molecule has 5 nitrogen and oxygen atoms in total. The van der Waals surface area contributed by atoms with E-state index in [1.165, 1.54) is 0 Å². The van der Waals surface area contributed by atoms with Crippen LogP contribution in [0.5, 0.6) is 0 Å². The third-order valence-electron chi connectivity index (χ3n) is 7.08. The third kappa shape index (κ3) is 5.81. The highest BCUT2D eigenvalue weighted by atomic mass is 79.9. The maximum atomic E-state index is 14.2. The summed E-state index contributed by atoms with van der Waals surface area (Å²) in [6, 6.07) is 8.40. The lowest BCUT2D eigenvalue weighted by molar-refractivity contribution is -0.135. The molecule has 1 aromatic heterocycles. The summed E-state index contributed by atoms with van der Waals surface area (Å²) < 4.78 is 0.940. The number of piperazine rings is 1. The van der Waals surface area contributed by atoms with E-state index in [0.29, 0.717) is 23.4 Å².